The Hall–Kier alpha value is -5.40. The van der Waals surface area contributed by atoms with Gasteiger partial charge in [-0.2, -0.15) is 0 Å². The Bertz CT molecular complexity index is 2340. The highest BCUT2D eigenvalue weighted by atomic mass is 16.5. The SMILES string of the molecule is COc1cccc(C#Cn2c3c(c4cc(C)ccc42)CN(C)CC3)c1.COc1ccccc1C#Cn1c2c(c3cc(C)ccc31)CN(C)CC2. The molecule has 0 radical (unpaired) electrons. The highest BCUT2D eigenvalue weighted by Crippen LogP contribution is 2.32. The summed E-state index contributed by atoms with van der Waals surface area (Å²) in [6, 6.07) is 35.9. The zero-order chi connectivity index (χ0) is 34.8. The fourth-order valence-electron chi connectivity index (χ4n) is 7.16. The van der Waals surface area contributed by atoms with E-state index >= 15 is 0 Å². The van der Waals surface area contributed by atoms with Gasteiger partial charge in [-0.3, -0.25) is 9.13 Å². The Labute approximate surface area is 295 Å². The third kappa shape index (κ3) is 6.61. The molecule has 0 fully saturated rings. The number of benzene rings is 4. The molecule has 6 aromatic rings. The number of aryl methyl sites for hydroxylation is 2. The summed E-state index contributed by atoms with van der Waals surface area (Å²) in [5, 5.41) is 2.66. The zero-order valence-corrected chi connectivity index (χ0v) is 29.9. The summed E-state index contributed by atoms with van der Waals surface area (Å²) >= 11 is 0. The molecule has 0 N–H and O–H groups in total. The van der Waals surface area contributed by atoms with Crippen LogP contribution in [0.3, 0.4) is 0 Å². The van der Waals surface area contributed by atoms with Crippen molar-refractivity contribution in [3.8, 4) is 35.4 Å². The second-order valence-electron chi connectivity index (χ2n) is 13.4. The Morgan fingerprint density at radius 1 is 0.600 bits per heavy atom. The lowest BCUT2D eigenvalue weighted by Crippen LogP contribution is -2.27. The second-order valence-corrected chi connectivity index (χ2v) is 13.4. The normalized spacial score (nSPS) is 14.0. The topological polar surface area (TPSA) is 34.8 Å². The standard InChI is InChI=1S/2C22H22N2O/c1-16-7-8-21-19(13-16)20-15-23(2)11-10-22(20)24(21)12-9-17-5-4-6-18(14-17)25-3;1-16-8-9-20-18(14-16)19-15-23(2)12-11-21(19)24(20)13-10-17-6-4-5-7-22(17)25-3/h4-8,13-14H,10-11,15H2,1-3H3;4-9,14H,11-12,15H2,1-3H3. The van der Waals surface area contributed by atoms with Gasteiger partial charge in [-0.25, -0.2) is 0 Å². The number of hydrogen-bond donors (Lipinski definition) is 0. The Balaban J connectivity index is 0.000000157. The van der Waals surface area contributed by atoms with E-state index in [1.807, 2.05) is 48.5 Å². The largest absolute Gasteiger partial charge is 0.497 e. The maximum absolute atomic E-state index is 5.43. The van der Waals surface area contributed by atoms with Crippen LogP contribution in [0.4, 0.5) is 0 Å². The minimum Gasteiger partial charge on any atom is -0.497 e. The summed E-state index contributed by atoms with van der Waals surface area (Å²) in [6.45, 7) is 8.41. The summed E-state index contributed by atoms with van der Waals surface area (Å²) in [6.07, 6.45) is 2.06. The molecular weight excluding hydrogens is 617 g/mol. The first-order valence-corrected chi connectivity index (χ1v) is 17.3. The Morgan fingerprint density at radius 3 is 1.76 bits per heavy atom. The predicted molar refractivity (Wildman–Crippen MR) is 204 cm³/mol. The van der Waals surface area contributed by atoms with Gasteiger partial charge < -0.3 is 19.3 Å². The molecule has 0 unspecified atom stereocenters. The Morgan fingerprint density at radius 2 is 1.18 bits per heavy atom. The molecule has 50 heavy (non-hydrogen) atoms. The van der Waals surface area contributed by atoms with Gasteiger partial charge in [0.2, 0.25) is 0 Å². The van der Waals surface area contributed by atoms with Crippen molar-refractivity contribution in [2.24, 2.45) is 0 Å². The first kappa shape index (κ1) is 33.1. The van der Waals surface area contributed by atoms with Crippen molar-refractivity contribution in [3.63, 3.8) is 0 Å². The van der Waals surface area contributed by atoms with E-state index < -0.39 is 0 Å². The van der Waals surface area contributed by atoms with Crippen molar-refractivity contribution in [1.29, 1.82) is 0 Å². The number of ether oxygens (including phenoxy) is 2. The van der Waals surface area contributed by atoms with Crippen LogP contribution in [-0.2, 0) is 25.9 Å². The molecule has 8 rings (SSSR count). The highest BCUT2D eigenvalue weighted by molar-refractivity contribution is 5.88. The molecule has 2 aliphatic rings. The molecule has 2 aliphatic heterocycles. The molecule has 4 aromatic carbocycles. The van der Waals surface area contributed by atoms with Gasteiger partial charge in [0.15, 0.2) is 0 Å². The van der Waals surface area contributed by atoms with E-state index in [1.54, 1.807) is 14.2 Å². The van der Waals surface area contributed by atoms with E-state index in [2.05, 4.69) is 107 Å². The van der Waals surface area contributed by atoms with Crippen molar-refractivity contribution in [1.82, 2.24) is 18.9 Å². The number of likely N-dealkylation sites (N-methyl/N-ethyl adjacent to an activating group) is 2. The molecule has 2 aromatic heterocycles. The zero-order valence-electron chi connectivity index (χ0n) is 29.9. The molecule has 0 bridgehead atoms. The molecule has 0 spiro atoms. The number of rotatable bonds is 2. The van der Waals surface area contributed by atoms with Crippen molar-refractivity contribution in [3.05, 3.63) is 130 Å². The number of methoxy groups -OCH3 is 2. The maximum atomic E-state index is 5.43. The van der Waals surface area contributed by atoms with Crippen LogP contribution in [0.1, 0.15) is 44.8 Å². The van der Waals surface area contributed by atoms with Gasteiger partial charge in [-0.1, -0.05) is 41.5 Å². The molecule has 4 heterocycles. The molecular formula is C44H44N4O2. The van der Waals surface area contributed by atoms with E-state index in [4.69, 9.17) is 9.47 Å². The fourth-order valence-corrected chi connectivity index (χ4v) is 7.16. The minimum absolute atomic E-state index is 0.816. The van der Waals surface area contributed by atoms with Crippen molar-refractivity contribution >= 4 is 21.8 Å². The van der Waals surface area contributed by atoms with Gasteiger partial charge in [0.05, 0.1) is 30.8 Å². The van der Waals surface area contributed by atoms with Gasteiger partial charge in [0.1, 0.15) is 11.5 Å². The van der Waals surface area contributed by atoms with Crippen molar-refractivity contribution < 1.29 is 9.47 Å². The van der Waals surface area contributed by atoms with Crippen LogP contribution in [-0.4, -0.2) is 60.3 Å². The maximum Gasteiger partial charge on any atom is 0.134 e. The number of para-hydroxylation sites is 1. The molecule has 0 saturated carbocycles. The van der Waals surface area contributed by atoms with Crippen LogP contribution >= 0.6 is 0 Å². The van der Waals surface area contributed by atoms with E-state index in [0.29, 0.717) is 0 Å². The average Bonchev–Trinajstić information content (AvgIpc) is 3.60. The minimum atomic E-state index is 0.816. The molecule has 0 aliphatic carbocycles. The van der Waals surface area contributed by atoms with Crippen molar-refractivity contribution in [2.75, 3.05) is 41.4 Å². The number of hydrogen-bond acceptors (Lipinski definition) is 4. The third-order valence-corrected chi connectivity index (χ3v) is 9.78. The third-order valence-electron chi connectivity index (χ3n) is 9.78. The van der Waals surface area contributed by atoms with Crippen LogP contribution in [0, 0.1) is 37.8 Å². The first-order valence-electron chi connectivity index (χ1n) is 17.3. The van der Waals surface area contributed by atoms with Gasteiger partial charge in [-0.05, 0) is 106 Å². The Kier molecular flexibility index (Phi) is 9.42. The van der Waals surface area contributed by atoms with E-state index in [9.17, 15) is 0 Å². The smallest absolute Gasteiger partial charge is 0.134 e. The molecule has 0 saturated heterocycles. The molecule has 6 heteroatoms. The van der Waals surface area contributed by atoms with E-state index in [0.717, 1.165) is 61.6 Å². The van der Waals surface area contributed by atoms with Gasteiger partial charge >= 0.3 is 0 Å². The number of aromatic nitrogens is 2. The summed E-state index contributed by atoms with van der Waals surface area (Å²) in [5.41, 5.74) is 12.4. The molecule has 252 valence electrons. The van der Waals surface area contributed by atoms with Crippen LogP contribution < -0.4 is 9.47 Å². The highest BCUT2D eigenvalue weighted by Gasteiger charge is 2.23. The summed E-state index contributed by atoms with van der Waals surface area (Å²) < 4.78 is 15.1. The lowest BCUT2D eigenvalue weighted by Gasteiger charge is -2.23. The monoisotopic (exact) mass is 660 g/mol. The van der Waals surface area contributed by atoms with Gasteiger partial charge in [-0.15, -0.1) is 0 Å². The number of fused-ring (bicyclic) bond motifs is 6. The number of nitrogens with zero attached hydrogens (tertiary/aromatic N) is 4. The summed E-state index contributed by atoms with van der Waals surface area (Å²) in [4.78, 5) is 4.76. The van der Waals surface area contributed by atoms with Crippen LogP contribution in [0.5, 0.6) is 11.5 Å². The molecule has 6 nitrogen and oxygen atoms in total. The van der Waals surface area contributed by atoms with E-state index in [-0.39, 0.29) is 0 Å². The molecule has 0 amide bonds. The average molecular weight is 661 g/mol. The lowest BCUT2D eigenvalue weighted by atomic mass is 10.0. The predicted octanol–water partition coefficient (Wildman–Crippen LogP) is 7.61. The van der Waals surface area contributed by atoms with Gasteiger partial charge in [0, 0.05) is 78.8 Å². The van der Waals surface area contributed by atoms with Crippen LogP contribution in [0.25, 0.3) is 21.8 Å². The van der Waals surface area contributed by atoms with Crippen molar-refractivity contribution in [2.45, 2.75) is 39.8 Å². The lowest BCUT2D eigenvalue weighted by molar-refractivity contribution is 0.311. The summed E-state index contributed by atoms with van der Waals surface area (Å²) in [7, 11) is 7.74. The van der Waals surface area contributed by atoms with Gasteiger partial charge in [0.25, 0.3) is 0 Å². The quantitative estimate of drug-likeness (QED) is 0.179. The van der Waals surface area contributed by atoms with E-state index in [1.165, 1.54) is 55.4 Å². The fraction of sp³-hybridized carbons (Fsp3) is 0.273. The summed E-state index contributed by atoms with van der Waals surface area (Å²) in [5.74, 6) is 8.27. The van der Waals surface area contributed by atoms with Crippen LogP contribution in [0.15, 0.2) is 84.9 Å². The van der Waals surface area contributed by atoms with Crippen LogP contribution in [0.2, 0.25) is 0 Å². The second kappa shape index (κ2) is 14.2. The molecule has 0 atom stereocenters. The first-order chi connectivity index (χ1) is 24.3.